The summed E-state index contributed by atoms with van der Waals surface area (Å²) >= 11 is 0. The average molecular weight is 323 g/mol. The van der Waals surface area contributed by atoms with Crippen molar-refractivity contribution in [3.05, 3.63) is 75.6 Å². The Labute approximate surface area is 138 Å². The Kier molecular flexibility index (Phi) is 4.33. The number of rotatable bonds is 4. The van der Waals surface area contributed by atoms with Crippen LogP contribution in [-0.2, 0) is 11.3 Å². The molecule has 0 fully saturated rings. The zero-order chi connectivity index (χ0) is 17.1. The van der Waals surface area contributed by atoms with Crippen molar-refractivity contribution in [1.82, 2.24) is 4.98 Å². The van der Waals surface area contributed by atoms with E-state index in [-0.39, 0.29) is 11.0 Å². The molecule has 1 heterocycles. The number of H-pyrrole nitrogens is 1. The minimum atomic E-state index is -0.653. The van der Waals surface area contributed by atoms with Gasteiger partial charge in [-0.3, -0.25) is 4.79 Å². The van der Waals surface area contributed by atoms with Crippen LogP contribution in [0.15, 0.2) is 53.5 Å². The third-order valence-corrected chi connectivity index (χ3v) is 3.82. The minimum absolute atomic E-state index is 0.0117. The second kappa shape index (κ2) is 6.58. The molecule has 122 valence electrons. The fraction of sp³-hybridized carbons (Fsp3) is 0.158. The van der Waals surface area contributed by atoms with E-state index in [0.717, 1.165) is 11.1 Å². The second-order valence-corrected chi connectivity index (χ2v) is 5.46. The Morgan fingerprint density at radius 3 is 2.62 bits per heavy atom. The smallest absolute Gasteiger partial charge is 0.343 e. The lowest BCUT2D eigenvalue weighted by Gasteiger charge is -2.11. The molecule has 0 radical (unpaired) electrons. The van der Waals surface area contributed by atoms with Gasteiger partial charge in [-0.25, -0.2) is 4.79 Å². The van der Waals surface area contributed by atoms with E-state index in [0.29, 0.717) is 23.3 Å². The molecule has 5 heteroatoms. The molecule has 1 N–H and O–H groups in total. The molecule has 24 heavy (non-hydrogen) atoms. The Morgan fingerprint density at radius 2 is 1.92 bits per heavy atom. The normalized spacial score (nSPS) is 10.6. The van der Waals surface area contributed by atoms with Gasteiger partial charge in [0.15, 0.2) is 0 Å². The maximum atomic E-state index is 12.4. The summed E-state index contributed by atoms with van der Waals surface area (Å²) in [4.78, 5) is 27.0. The summed E-state index contributed by atoms with van der Waals surface area (Å²) in [6.45, 7) is 2.31. The van der Waals surface area contributed by atoms with E-state index < -0.39 is 5.97 Å². The Bertz CT molecular complexity index is 945. The van der Waals surface area contributed by atoms with Crippen molar-refractivity contribution in [1.29, 1.82) is 0 Å². The number of ether oxygens (including phenoxy) is 2. The summed E-state index contributed by atoms with van der Waals surface area (Å²) in [5, 5.41) is 0.433. The largest absolute Gasteiger partial charge is 0.489 e. The highest BCUT2D eigenvalue weighted by atomic mass is 16.5. The van der Waals surface area contributed by atoms with Crippen LogP contribution in [0.3, 0.4) is 0 Å². The number of nitrogens with one attached hydrogen (secondary N) is 1. The minimum Gasteiger partial charge on any atom is -0.489 e. The summed E-state index contributed by atoms with van der Waals surface area (Å²) in [6, 6.07) is 13.3. The molecule has 0 atom stereocenters. The van der Waals surface area contributed by atoms with Crippen molar-refractivity contribution in [2.75, 3.05) is 7.11 Å². The van der Waals surface area contributed by atoms with Crippen molar-refractivity contribution in [3.8, 4) is 5.75 Å². The van der Waals surface area contributed by atoms with Crippen LogP contribution in [0.4, 0.5) is 0 Å². The number of aromatic amines is 1. The molecule has 0 aliphatic carbocycles. The van der Waals surface area contributed by atoms with Gasteiger partial charge in [-0.2, -0.15) is 0 Å². The lowest BCUT2D eigenvalue weighted by Crippen LogP contribution is -2.17. The van der Waals surface area contributed by atoms with Gasteiger partial charge in [0.2, 0.25) is 5.43 Å². The summed E-state index contributed by atoms with van der Waals surface area (Å²) < 4.78 is 10.5. The van der Waals surface area contributed by atoms with Gasteiger partial charge in [-0.05, 0) is 24.1 Å². The number of esters is 1. The predicted octanol–water partition coefficient (Wildman–Crippen LogP) is 3.20. The lowest BCUT2D eigenvalue weighted by atomic mass is 10.1. The maximum Gasteiger partial charge on any atom is 0.343 e. The number of hydrogen-bond donors (Lipinski definition) is 1. The molecular formula is C19H17NO4. The van der Waals surface area contributed by atoms with Crippen molar-refractivity contribution in [2.24, 2.45) is 0 Å². The lowest BCUT2D eigenvalue weighted by molar-refractivity contribution is 0.0599. The fourth-order valence-corrected chi connectivity index (χ4v) is 2.51. The first-order chi connectivity index (χ1) is 11.6. The van der Waals surface area contributed by atoms with Crippen molar-refractivity contribution >= 4 is 16.9 Å². The average Bonchev–Trinajstić information content (AvgIpc) is 2.61. The zero-order valence-corrected chi connectivity index (χ0v) is 13.5. The van der Waals surface area contributed by atoms with Gasteiger partial charge in [0.05, 0.1) is 12.6 Å². The van der Waals surface area contributed by atoms with E-state index in [2.05, 4.69) is 9.72 Å². The summed E-state index contributed by atoms with van der Waals surface area (Å²) in [7, 11) is 1.25. The monoisotopic (exact) mass is 323 g/mol. The molecular weight excluding hydrogens is 306 g/mol. The van der Waals surface area contributed by atoms with Gasteiger partial charge in [0.1, 0.15) is 17.9 Å². The van der Waals surface area contributed by atoms with Gasteiger partial charge >= 0.3 is 5.97 Å². The van der Waals surface area contributed by atoms with Crippen molar-refractivity contribution in [2.45, 2.75) is 13.5 Å². The molecule has 0 aliphatic heterocycles. The van der Waals surface area contributed by atoms with Crippen LogP contribution in [0.1, 0.15) is 21.5 Å². The quantitative estimate of drug-likeness (QED) is 0.749. The highest BCUT2D eigenvalue weighted by Crippen LogP contribution is 2.24. The van der Waals surface area contributed by atoms with Crippen LogP contribution in [0.25, 0.3) is 10.9 Å². The number of carbonyl (C=O) groups is 1. The van der Waals surface area contributed by atoms with Crippen LogP contribution in [0.5, 0.6) is 5.75 Å². The number of benzene rings is 2. The number of aryl methyl sites for hydroxylation is 1. The number of carbonyl (C=O) groups excluding carboxylic acids is 1. The number of fused-ring (bicyclic) bond motifs is 1. The first-order valence-corrected chi connectivity index (χ1v) is 7.51. The van der Waals surface area contributed by atoms with Crippen molar-refractivity contribution < 1.29 is 14.3 Å². The molecule has 3 aromatic rings. The molecule has 5 nitrogen and oxygen atoms in total. The van der Waals surface area contributed by atoms with Gasteiger partial charge in [-0.15, -0.1) is 0 Å². The van der Waals surface area contributed by atoms with Gasteiger partial charge in [0, 0.05) is 17.6 Å². The highest BCUT2D eigenvalue weighted by Gasteiger charge is 2.14. The van der Waals surface area contributed by atoms with E-state index >= 15 is 0 Å². The van der Waals surface area contributed by atoms with Gasteiger partial charge < -0.3 is 14.5 Å². The fourth-order valence-electron chi connectivity index (χ4n) is 2.51. The van der Waals surface area contributed by atoms with E-state index in [4.69, 9.17) is 4.74 Å². The Morgan fingerprint density at radius 1 is 1.17 bits per heavy atom. The molecule has 3 rings (SSSR count). The third-order valence-electron chi connectivity index (χ3n) is 3.82. The van der Waals surface area contributed by atoms with Crippen LogP contribution >= 0.6 is 0 Å². The summed E-state index contributed by atoms with van der Waals surface area (Å²) in [6.07, 6.45) is 1.37. The number of methoxy groups -OCH3 is 1. The Balaban J connectivity index is 1.96. The first kappa shape index (κ1) is 15.8. The van der Waals surface area contributed by atoms with Crippen LogP contribution in [0.2, 0.25) is 0 Å². The van der Waals surface area contributed by atoms with E-state index in [1.165, 1.54) is 13.3 Å². The zero-order valence-electron chi connectivity index (χ0n) is 13.5. The van der Waals surface area contributed by atoms with Crippen LogP contribution in [0, 0.1) is 6.92 Å². The molecule has 0 unspecified atom stereocenters. The third kappa shape index (κ3) is 3.01. The molecule has 0 bridgehead atoms. The SMILES string of the molecule is COC(=O)c1c[nH]c2cc(OCc3ccccc3)c(C)cc2c1=O. The molecule has 0 amide bonds. The van der Waals surface area contributed by atoms with Crippen molar-refractivity contribution in [3.63, 3.8) is 0 Å². The van der Waals surface area contributed by atoms with E-state index in [1.807, 2.05) is 37.3 Å². The second-order valence-electron chi connectivity index (χ2n) is 5.46. The predicted molar refractivity (Wildman–Crippen MR) is 91.4 cm³/mol. The molecule has 0 saturated carbocycles. The molecule has 2 aromatic carbocycles. The van der Waals surface area contributed by atoms with E-state index in [9.17, 15) is 9.59 Å². The van der Waals surface area contributed by atoms with Crippen LogP contribution in [-0.4, -0.2) is 18.1 Å². The molecule has 0 aliphatic rings. The van der Waals surface area contributed by atoms with Gasteiger partial charge in [-0.1, -0.05) is 30.3 Å². The topological polar surface area (TPSA) is 68.4 Å². The van der Waals surface area contributed by atoms with E-state index in [1.54, 1.807) is 12.1 Å². The summed E-state index contributed by atoms with van der Waals surface area (Å²) in [5.41, 5.74) is 2.13. The van der Waals surface area contributed by atoms with Gasteiger partial charge in [0.25, 0.3) is 0 Å². The molecule has 1 aromatic heterocycles. The standard InChI is InChI=1S/C19H17NO4/c1-12-8-14-16(20-10-15(18(14)21)19(22)23-2)9-17(12)24-11-13-6-4-3-5-7-13/h3-10H,11H2,1-2H3,(H,20,21). The number of aromatic nitrogens is 1. The number of hydrogen-bond acceptors (Lipinski definition) is 4. The Hall–Kier alpha value is -3.08. The number of pyridine rings is 1. The molecule has 0 saturated heterocycles. The first-order valence-electron chi connectivity index (χ1n) is 7.51. The summed E-state index contributed by atoms with van der Waals surface area (Å²) in [5.74, 6) is 0.0352. The molecule has 0 spiro atoms. The van der Waals surface area contributed by atoms with Crippen LogP contribution < -0.4 is 10.2 Å². The maximum absolute atomic E-state index is 12.4. The highest BCUT2D eigenvalue weighted by molar-refractivity contribution is 5.93.